The molecule has 6 heteroatoms. The van der Waals surface area contributed by atoms with Crippen LogP contribution in [0.1, 0.15) is 41.6 Å². The molecule has 0 radical (unpaired) electrons. The highest BCUT2D eigenvalue weighted by molar-refractivity contribution is 6.03. The lowest BCUT2D eigenvalue weighted by Crippen LogP contribution is -2.41. The SMILES string of the molecule is CCOC(C)(C)CNC(=O)c1ncccc1C(=O)O. The normalized spacial score (nSPS) is 11.1. The molecule has 0 aliphatic heterocycles. The molecule has 19 heavy (non-hydrogen) atoms. The van der Waals surface area contributed by atoms with Crippen molar-refractivity contribution in [1.82, 2.24) is 10.3 Å². The summed E-state index contributed by atoms with van der Waals surface area (Å²) in [4.78, 5) is 26.7. The highest BCUT2D eigenvalue weighted by Crippen LogP contribution is 2.09. The van der Waals surface area contributed by atoms with Crippen LogP contribution in [0.15, 0.2) is 18.3 Å². The van der Waals surface area contributed by atoms with E-state index in [1.807, 2.05) is 20.8 Å². The fourth-order valence-electron chi connectivity index (χ4n) is 1.58. The summed E-state index contributed by atoms with van der Waals surface area (Å²) in [5.41, 5.74) is -0.723. The van der Waals surface area contributed by atoms with Crippen LogP contribution in [0.25, 0.3) is 0 Å². The summed E-state index contributed by atoms with van der Waals surface area (Å²) in [6, 6.07) is 2.82. The number of rotatable bonds is 6. The molecule has 0 aliphatic carbocycles. The molecule has 0 saturated heterocycles. The predicted octanol–water partition coefficient (Wildman–Crippen LogP) is 1.32. The van der Waals surface area contributed by atoms with Crippen molar-refractivity contribution in [2.75, 3.05) is 13.2 Å². The number of pyridine rings is 1. The van der Waals surface area contributed by atoms with Gasteiger partial charge in [-0.3, -0.25) is 9.78 Å². The second-order valence-corrected chi connectivity index (χ2v) is 4.58. The van der Waals surface area contributed by atoms with Gasteiger partial charge in [-0.2, -0.15) is 0 Å². The van der Waals surface area contributed by atoms with Crippen LogP contribution in [-0.2, 0) is 4.74 Å². The Bertz CT molecular complexity index is 471. The van der Waals surface area contributed by atoms with Crippen molar-refractivity contribution in [2.45, 2.75) is 26.4 Å². The number of aromatic carboxylic acids is 1. The second kappa shape index (κ2) is 6.29. The van der Waals surface area contributed by atoms with Crippen LogP contribution in [0.3, 0.4) is 0 Å². The molecular formula is C13H18N2O4. The van der Waals surface area contributed by atoms with Gasteiger partial charge in [0, 0.05) is 19.3 Å². The van der Waals surface area contributed by atoms with Gasteiger partial charge in [0.15, 0.2) is 0 Å². The minimum atomic E-state index is -1.18. The Hall–Kier alpha value is -1.95. The van der Waals surface area contributed by atoms with Gasteiger partial charge in [0.25, 0.3) is 5.91 Å². The number of carboxylic acid groups (broad SMARTS) is 1. The van der Waals surface area contributed by atoms with E-state index in [-0.39, 0.29) is 17.8 Å². The molecule has 1 amide bonds. The van der Waals surface area contributed by atoms with Gasteiger partial charge in [-0.05, 0) is 32.9 Å². The summed E-state index contributed by atoms with van der Waals surface area (Å²) >= 11 is 0. The van der Waals surface area contributed by atoms with Crippen LogP contribution in [0.4, 0.5) is 0 Å². The van der Waals surface area contributed by atoms with Crippen LogP contribution in [0.2, 0.25) is 0 Å². The van der Waals surface area contributed by atoms with E-state index in [0.717, 1.165) is 0 Å². The van der Waals surface area contributed by atoms with E-state index in [9.17, 15) is 9.59 Å². The molecule has 0 fully saturated rings. The first-order chi connectivity index (χ1) is 8.87. The molecule has 0 spiro atoms. The van der Waals surface area contributed by atoms with Gasteiger partial charge in [-0.25, -0.2) is 4.79 Å². The molecule has 6 nitrogen and oxygen atoms in total. The Morgan fingerprint density at radius 2 is 2.16 bits per heavy atom. The fourth-order valence-corrected chi connectivity index (χ4v) is 1.58. The number of nitrogens with one attached hydrogen (secondary N) is 1. The highest BCUT2D eigenvalue weighted by Gasteiger charge is 2.22. The topological polar surface area (TPSA) is 88.5 Å². The molecule has 0 unspecified atom stereocenters. The Morgan fingerprint density at radius 1 is 1.47 bits per heavy atom. The first kappa shape index (κ1) is 15.1. The lowest BCUT2D eigenvalue weighted by Gasteiger charge is -2.24. The number of nitrogens with zero attached hydrogens (tertiary/aromatic N) is 1. The van der Waals surface area contributed by atoms with Gasteiger partial charge >= 0.3 is 5.97 Å². The molecule has 104 valence electrons. The number of carboxylic acids is 1. The molecule has 1 aromatic rings. The second-order valence-electron chi connectivity index (χ2n) is 4.58. The maximum Gasteiger partial charge on any atom is 0.338 e. The van der Waals surface area contributed by atoms with Crippen molar-refractivity contribution in [3.05, 3.63) is 29.6 Å². The van der Waals surface area contributed by atoms with E-state index in [1.54, 1.807) is 0 Å². The van der Waals surface area contributed by atoms with Crippen molar-refractivity contribution in [2.24, 2.45) is 0 Å². The van der Waals surface area contributed by atoms with Crippen LogP contribution in [0.5, 0.6) is 0 Å². The quantitative estimate of drug-likeness (QED) is 0.810. The maximum absolute atomic E-state index is 11.9. The van der Waals surface area contributed by atoms with Crippen molar-refractivity contribution in [3.8, 4) is 0 Å². The third kappa shape index (κ3) is 4.33. The van der Waals surface area contributed by atoms with E-state index in [2.05, 4.69) is 10.3 Å². The monoisotopic (exact) mass is 266 g/mol. The van der Waals surface area contributed by atoms with Crippen LogP contribution in [0, 0.1) is 0 Å². The van der Waals surface area contributed by atoms with Crippen LogP contribution >= 0.6 is 0 Å². The minimum absolute atomic E-state index is 0.0951. The van der Waals surface area contributed by atoms with E-state index < -0.39 is 17.5 Å². The van der Waals surface area contributed by atoms with Gasteiger partial charge in [-0.1, -0.05) is 0 Å². The van der Waals surface area contributed by atoms with Gasteiger partial charge in [-0.15, -0.1) is 0 Å². The Kier molecular flexibility index (Phi) is 5.00. The molecule has 1 heterocycles. The predicted molar refractivity (Wildman–Crippen MR) is 69.2 cm³/mol. The molecule has 0 aliphatic rings. The smallest absolute Gasteiger partial charge is 0.338 e. The molecule has 0 bridgehead atoms. The van der Waals surface area contributed by atoms with E-state index in [1.165, 1.54) is 18.3 Å². The Balaban J connectivity index is 2.77. The molecule has 1 rings (SSSR count). The van der Waals surface area contributed by atoms with E-state index in [0.29, 0.717) is 6.61 Å². The maximum atomic E-state index is 11.9. The van der Waals surface area contributed by atoms with Crippen LogP contribution in [-0.4, -0.2) is 40.7 Å². The first-order valence-electron chi connectivity index (χ1n) is 5.98. The first-order valence-corrected chi connectivity index (χ1v) is 5.98. The number of aromatic nitrogens is 1. The lowest BCUT2D eigenvalue weighted by molar-refractivity contribution is -0.00818. The van der Waals surface area contributed by atoms with Crippen molar-refractivity contribution < 1.29 is 19.4 Å². The minimum Gasteiger partial charge on any atom is -0.478 e. The van der Waals surface area contributed by atoms with Gasteiger partial charge in [0.05, 0.1) is 11.2 Å². The van der Waals surface area contributed by atoms with Crippen molar-refractivity contribution in [3.63, 3.8) is 0 Å². The third-order valence-electron chi connectivity index (χ3n) is 2.46. The Labute approximate surface area is 111 Å². The lowest BCUT2D eigenvalue weighted by atomic mass is 10.1. The molecule has 2 N–H and O–H groups in total. The van der Waals surface area contributed by atoms with Gasteiger partial charge in [0.2, 0.25) is 0 Å². The van der Waals surface area contributed by atoms with Gasteiger partial charge in [0.1, 0.15) is 5.69 Å². The van der Waals surface area contributed by atoms with Crippen molar-refractivity contribution >= 4 is 11.9 Å². The molecule has 0 atom stereocenters. The van der Waals surface area contributed by atoms with E-state index in [4.69, 9.17) is 9.84 Å². The number of hydrogen-bond donors (Lipinski definition) is 2. The Morgan fingerprint density at radius 3 is 2.74 bits per heavy atom. The standard InChI is InChI=1S/C13H18N2O4/c1-4-19-13(2,3)8-15-11(16)10-9(12(17)18)6-5-7-14-10/h5-7H,4,8H2,1-3H3,(H,15,16)(H,17,18). The highest BCUT2D eigenvalue weighted by atomic mass is 16.5. The molecule has 1 aromatic heterocycles. The fraction of sp³-hybridized carbons (Fsp3) is 0.462. The number of hydrogen-bond acceptors (Lipinski definition) is 4. The van der Waals surface area contributed by atoms with Crippen molar-refractivity contribution in [1.29, 1.82) is 0 Å². The summed E-state index contributed by atoms with van der Waals surface area (Å²) in [5.74, 6) is -1.70. The zero-order valence-electron chi connectivity index (χ0n) is 11.3. The molecular weight excluding hydrogens is 248 g/mol. The zero-order valence-corrected chi connectivity index (χ0v) is 11.3. The third-order valence-corrected chi connectivity index (χ3v) is 2.46. The largest absolute Gasteiger partial charge is 0.478 e. The summed E-state index contributed by atoms with van der Waals surface area (Å²) in [7, 11) is 0. The number of amides is 1. The van der Waals surface area contributed by atoms with Gasteiger partial charge < -0.3 is 15.2 Å². The zero-order chi connectivity index (χ0) is 14.5. The summed E-state index contributed by atoms with van der Waals surface area (Å²) in [6.45, 7) is 6.35. The molecule has 0 saturated carbocycles. The summed E-state index contributed by atoms with van der Waals surface area (Å²) < 4.78 is 5.44. The molecule has 0 aromatic carbocycles. The summed E-state index contributed by atoms with van der Waals surface area (Å²) in [5, 5.41) is 11.6. The number of ether oxygens (including phenoxy) is 1. The number of carbonyl (C=O) groups excluding carboxylic acids is 1. The average Bonchev–Trinajstić information content (AvgIpc) is 2.36. The average molecular weight is 266 g/mol. The van der Waals surface area contributed by atoms with E-state index >= 15 is 0 Å². The number of carbonyl (C=O) groups is 2. The van der Waals surface area contributed by atoms with Crippen LogP contribution < -0.4 is 5.32 Å². The summed E-state index contributed by atoms with van der Waals surface area (Å²) in [6.07, 6.45) is 1.38.